The molecule has 3 N–H and O–H groups in total. The lowest BCUT2D eigenvalue weighted by atomic mass is 9.88. The fourth-order valence-electron chi connectivity index (χ4n) is 6.05. The third-order valence-electron chi connectivity index (χ3n) is 8.65. The molecule has 5 aromatic rings. The van der Waals surface area contributed by atoms with Crippen LogP contribution in [-0.4, -0.2) is 35.5 Å². The van der Waals surface area contributed by atoms with Crippen molar-refractivity contribution in [3.63, 3.8) is 0 Å². The van der Waals surface area contributed by atoms with Gasteiger partial charge in [0.25, 0.3) is 11.8 Å². The lowest BCUT2D eigenvalue weighted by molar-refractivity contribution is -0.115. The minimum absolute atomic E-state index is 0.0800. The van der Waals surface area contributed by atoms with Crippen molar-refractivity contribution in [1.29, 1.82) is 0 Å². The third-order valence-corrected chi connectivity index (χ3v) is 10.9. The molecule has 0 saturated heterocycles. The van der Waals surface area contributed by atoms with Gasteiger partial charge in [0.15, 0.2) is 0 Å². The van der Waals surface area contributed by atoms with E-state index in [1.165, 1.54) is 23.1 Å². The largest absolute Gasteiger partial charge is 0.462 e. The number of thioether (sulfide) groups is 1. The average molecular weight is 718 g/mol. The number of fused-ring (bicyclic) bond motifs is 2. The van der Waals surface area contributed by atoms with E-state index in [1.54, 1.807) is 62.4 Å². The van der Waals surface area contributed by atoms with Gasteiger partial charge in [-0.1, -0.05) is 73.7 Å². The van der Waals surface area contributed by atoms with E-state index in [-0.39, 0.29) is 18.2 Å². The van der Waals surface area contributed by atoms with E-state index in [2.05, 4.69) is 22.9 Å². The second-order valence-electron chi connectivity index (χ2n) is 12.5. The number of hydrogen-bond acceptors (Lipinski definition) is 7. The monoisotopic (exact) mass is 717 g/mol. The summed E-state index contributed by atoms with van der Waals surface area (Å²) in [6.45, 7) is 6.03. The molecule has 1 aromatic heterocycles. The van der Waals surface area contributed by atoms with Crippen molar-refractivity contribution >= 4 is 74.3 Å². The number of carbonyl (C=O) groups excluding carboxylic acids is 4. The molecule has 260 valence electrons. The number of hydrogen-bond donors (Lipinski definition) is 3. The van der Waals surface area contributed by atoms with Crippen LogP contribution in [-0.2, 0) is 27.2 Å². The summed E-state index contributed by atoms with van der Waals surface area (Å²) in [6, 6.07) is 29.6. The predicted octanol–water partition coefficient (Wildman–Crippen LogP) is 8.73. The van der Waals surface area contributed by atoms with Crippen molar-refractivity contribution in [2.75, 3.05) is 17.2 Å². The van der Waals surface area contributed by atoms with Gasteiger partial charge in [-0.3, -0.25) is 14.4 Å². The standard InChI is InChI=1S/C41H39N3O5S2/c1-4-49-41(48)36-33-21-20-25(2)22-35(33)51-40(36)44-37(45)26(3)50-31-18-11-17-30(24-31)42-39(47)34(43-38(46)28-13-6-5-7-14-28)23-29-16-10-15-27-12-8-9-19-32(27)29/h5-19,23-26H,4,20-22H2,1-3H3,(H,42,47)(H,43,46)(H,44,45)/b34-23+. The van der Waals surface area contributed by atoms with Crippen LogP contribution in [0.5, 0.6) is 0 Å². The Balaban J connectivity index is 1.19. The molecule has 0 spiro atoms. The summed E-state index contributed by atoms with van der Waals surface area (Å²) in [5, 5.41) is 10.7. The number of carbonyl (C=O) groups is 4. The second-order valence-corrected chi connectivity index (χ2v) is 15.0. The predicted molar refractivity (Wildman–Crippen MR) is 206 cm³/mol. The molecule has 0 aliphatic heterocycles. The fraction of sp³-hybridized carbons (Fsp3) is 0.220. The lowest BCUT2D eigenvalue weighted by Gasteiger charge is -2.18. The first kappa shape index (κ1) is 35.6. The molecule has 8 nitrogen and oxygen atoms in total. The van der Waals surface area contributed by atoms with Gasteiger partial charge >= 0.3 is 5.97 Å². The Morgan fingerprint density at radius 1 is 0.941 bits per heavy atom. The molecule has 2 atom stereocenters. The Labute approximate surface area is 305 Å². The smallest absolute Gasteiger partial charge is 0.341 e. The molecule has 1 heterocycles. The van der Waals surface area contributed by atoms with Crippen LogP contribution in [0.2, 0.25) is 0 Å². The molecule has 3 amide bonds. The second kappa shape index (κ2) is 16.2. The van der Waals surface area contributed by atoms with Crippen LogP contribution in [0.1, 0.15) is 63.9 Å². The molecule has 2 unspecified atom stereocenters. The highest BCUT2D eigenvalue weighted by Gasteiger charge is 2.30. The molecule has 1 aliphatic carbocycles. The minimum Gasteiger partial charge on any atom is -0.462 e. The molecular formula is C41H39N3O5S2. The zero-order chi connectivity index (χ0) is 35.9. The van der Waals surface area contributed by atoms with Crippen molar-refractivity contribution in [1.82, 2.24) is 5.32 Å². The van der Waals surface area contributed by atoms with E-state index < -0.39 is 23.0 Å². The third kappa shape index (κ3) is 8.58. The van der Waals surface area contributed by atoms with Crippen molar-refractivity contribution in [2.24, 2.45) is 5.92 Å². The molecule has 6 rings (SSSR count). The van der Waals surface area contributed by atoms with Gasteiger partial charge in [-0.25, -0.2) is 4.79 Å². The Morgan fingerprint density at radius 2 is 1.69 bits per heavy atom. The van der Waals surface area contributed by atoms with Crippen LogP contribution in [0, 0.1) is 5.92 Å². The number of anilines is 2. The quantitative estimate of drug-likeness (QED) is 0.0716. The topological polar surface area (TPSA) is 114 Å². The van der Waals surface area contributed by atoms with E-state index in [4.69, 9.17) is 4.74 Å². The molecule has 51 heavy (non-hydrogen) atoms. The Morgan fingerprint density at radius 3 is 2.49 bits per heavy atom. The van der Waals surface area contributed by atoms with Crippen LogP contribution in [0.25, 0.3) is 16.8 Å². The number of esters is 1. The zero-order valence-electron chi connectivity index (χ0n) is 28.7. The van der Waals surface area contributed by atoms with Gasteiger partial charge in [0.2, 0.25) is 5.91 Å². The highest BCUT2D eigenvalue weighted by atomic mass is 32.2. The van der Waals surface area contributed by atoms with E-state index in [0.29, 0.717) is 27.7 Å². The van der Waals surface area contributed by atoms with Crippen LogP contribution in [0.4, 0.5) is 10.7 Å². The molecule has 4 aromatic carbocycles. The van der Waals surface area contributed by atoms with Gasteiger partial charge in [0.1, 0.15) is 10.7 Å². The number of ether oxygens (including phenoxy) is 1. The average Bonchev–Trinajstić information content (AvgIpc) is 3.48. The molecule has 10 heteroatoms. The summed E-state index contributed by atoms with van der Waals surface area (Å²) < 4.78 is 5.36. The van der Waals surface area contributed by atoms with Crippen LogP contribution >= 0.6 is 23.1 Å². The maximum Gasteiger partial charge on any atom is 0.341 e. The molecule has 0 fully saturated rings. The maximum atomic E-state index is 13.8. The molecule has 1 aliphatic rings. The van der Waals surface area contributed by atoms with E-state index in [0.717, 1.165) is 50.9 Å². The number of amides is 3. The van der Waals surface area contributed by atoms with Crippen LogP contribution in [0.3, 0.4) is 0 Å². The van der Waals surface area contributed by atoms with E-state index >= 15 is 0 Å². The van der Waals surface area contributed by atoms with Gasteiger partial charge in [-0.15, -0.1) is 23.1 Å². The van der Waals surface area contributed by atoms with E-state index in [9.17, 15) is 19.2 Å². The Kier molecular flexibility index (Phi) is 11.3. The SMILES string of the molecule is CCOC(=O)c1c(NC(=O)C(C)Sc2cccc(NC(=O)/C(=C\c3cccc4ccccc34)NC(=O)c3ccccc3)c2)sc2c1CCC(C)C2. The Hall–Kier alpha value is -5.19. The van der Waals surface area contributed by atoms with Gasteiger partial charge in [0.05, 0.1) is 17.4 Å². The fourth-order valence-corrected chi connectivity index (χ4v) is 8.38. The summed E-state index contributed by atoms with van der Waals surface area (Å²) in [6.07, 6.45) is 4.33. The summed E-state index contributed by atoms with van der Waals surface area (Å²) in [5.74, 6) is -1.04. The molecule has 0 bridgehead atoms. The van der Waals surface area contributed by atoms with Crippen molar-refractivity contribution in [2.45, 2.75) is 50.2 Å². The summed E-state index contributed by atoms with van der Waals surface area (Å²) >= 11 is 2.80. The highest BCUT2D eigenvalue weighted by Crippen LogP contribution is 2.40. The summed E-state index contributed by atoms with van der Waals surface area (Å²) in [5.41, 5.74) is 3.25. The lowest BCUT2D eigenvalue weighted by Crippen LogP contribution is -2.30. The van der Waals surface area contributed by atoms with Crippen LogP contribution < -0.4 is 16.0 Å². The van der Waals surface area contributed by atoms with Crippen LogP contribution in [0.15, 0.2) is 108 Å². The van der Waals surface area contributed by atoms with Crippen molar-refractivity contribution in [3.05, 3.63) is 130 Å². The summed E-state index contributed by atoms with van der Waals surface area (Å²) in [4.78, 5) is 55.3. The number of rotatable bonds is 11. The minimum atomic E-state index is -0.518. The Bertz CT molecular complexity index is 2120. The number of thiophene rings is 1. The zero-order valence-corrected chi connectivity index (χ0v) is 30.3. The molecule has 0 radical (unpaired) electrons. The molecular weight excluding hydrogens is 679 g/mol. The first-order chi connectivity index (χ1) is 24.7. The van der Waals surface area contributed by atoms with Gasteiger partial charge in [-0.2, -0.15) is 0 Å². The number of benzene rings is 4. The number of nitrogens with one attached hydrogen (secondary N) is 3. The van der Waals surface area contributed by atoms with Crippen molar-refractivity contribution in [3.8, 4) is 0 Å². The highest BCUT2D eigenvalue weighted by molar-refractivity contribution is 8.00. The molecule has 0 saturated carbocycles. The first-order valence-electron chi connectivity index (χ1n) is 17.0. The van der Waals surface area contributed by atoms with E-state index in [1.807, 2.05) is 54.6 Å². The van der Waals surface area contributed by atoms with Crippen molar-refractivity contribution < 1.29 is 23.9 Å². The normalized spacial score (nSPS) is 14.6. The van der Waals surface area contributed by atoms with Gasteiger partial charge in [0, 0.05) is 21.0 Å². The van der Waals surface area contributed by atoms with Gasteiger partial charge < -0.3 is 20.7 Å². The summed E-state index contributed by atoms with van der Waals surface area (Å²) in [7, 11) is 0. The van der Waals surface area contributed by atoms with Gasteiger partial charge in [-0.05, 0) is 97.3 Å². The maximum absolute atomic E-state index is 13.8. The first-order valence-corrected chi connectivity index (χ1v) is 18.7.